The molecule has 0 saturated carbocycles. The van der Waals surface area contributed by atoms with Gasteiger partial charge in [-0.15, -0.1) is 0 Å². The molecule has 1 saturated heterocycles. The van der Waals surface area contributed by atoms with Crippen molar-refractivity contribution in [2.45, 2.75) is 25.4 Å². The van der Waals surface area contributed by atoms with Gasteiger partial charge in [-0.25, -0.2) is 4.90 Å². The Balaban J connectivity index is 2.32. The molecule has 1 unspecified atom stereocenters. The topological polar surface area (TPSA) is 29.3 Å². The first-order valence-electron chi connectivity index (χ1n) is 3.48. The molecule has 0 aromatic rings. The van der Waals surface area contributed by atoms with Gasteiger partial charge in [0.1, 0.15) is 0 Å². The van der Waals surface area contributed by atoms with Gasteiger partial charge >= 0.3 is 0 Å². The van der Waals surface area contributed by atoms with Gasteiger partial charge in [0.05, 0.1) is 0 Å². The summed E-state index contributed by atoms with van der Waals surface area (Å²) in [4.78, 5) is 1.12. The number of nitrogens with two attached hydrogens (primary N) is 1. The zero-order valence-electron chi connectivity index (χ0n) is 5.76. The van der Waals surface area contributed by atoms with E-state index in [0.717, 1.165) is 17.7 Å². The Morgan fingerprint density at radius 1 is 1.50 bits per heavy atom. The van der Waals surface area contributed by atoms with E-state index < -0.39 is 6.55 Å². The Kier molecular flexibility index (Phi) is 2.56. The monoisotopic (exact) mass is 150 g/mol. The smallest absolute Gasteiger partial charge is 0.294 e. The van der Waals surface area contributed by atoms with Crippen LogP contribution in [0.15, 0.2) is 0 Å². The average Bonchev–Trinajstić information content (AvgIpc) is 1.88. The highest BCUT2D eigenvalue weighted by molar-refractivity contribution is 4.73. The molecule has 2 nitrogen and oxygen atoms in total. The molecule has 4 heteroatoms. The largest absolute Gasteiger partial charge is 0.327 e. The molecule has 1 heterocycles. The van der Waals surface area contributed by atoms with E-state index in [4.69, 9.17) is 5.73 Å². The molecule has 0 radical (unpaired) electrons. The van der Waals surface area contributed by atoms with Crippen LogP contribution in [-0.4, -0.2) is 30.6 Å². The highest BCUT2D eigenvalue weighted by atomic mass is 19.3. The highest BCUT2D eigenvalue weighted by Crippen LogP contribution is 2.12. The Morgan fingerprint density at radius 3 is 2.60 bits per heavy atom. The maximum Gasteiger partial charge on any atom is 0.294 e. The summed E-state index contributed by atoms with van der Waals surface area (Å²) < 4.78 is 23.9. The number of alkyl halides is 2. The summed E-state index contributed by atoms with van der Waals surface area (Å²) in [5.74, 6) is 0. The van der Waals surface area contributed by atoms with Crippen molar-refractivity contribution < 1.29 is 8.78 Å². The van der Waals surface area contributed by atoms with E-state index in [9.17, 15) is 8.78 Å². The lowest BCUT2D eigenvalue weighted by molar-refractivity contribution is -0.0407. The second-order valence-electron chi connectivity index (χ2n) is 2.67. The minimum absolute atomic E-state index is 0.0530. The second-order valence-corrected chi connectivity index (χ2v) is 2.67. The van der Waals surface area contributed by atoms with Crippen molar-refractivity contribution in [3.8, 4) is 0 Å². The predicted molar refractivity (Wildman–Crippen MR) is 34.8 cm³/mol. The van der Waals surface area contributed by atoms with Crippen molar-refractivity contribution in [2.24, 2.45) is 5.73 Å². The van der Waals surface area contributed by atoms with Gasteiger partial charge in [-0.3, -0.25) is 0 Å². The van der Waals surface area contributed by atoms with Crippen molar-refractivity contribution >= 4 is 0 Å². The molecule has 0 aliphatic carbocycles. The number of nitrogens with zero attached hydrogens (tertiary/aromatic N) is 1. The van der Waals surface area contributed by atoms with Crippen LogP contribution in [0.3, 0.4) is 0 Å². The minimum atomic E-state index is -2.33. The number of likely N-dealkylation sites (tertiary alicyclic amines) is 1. The van der Waals surface area contributed by atoms with E-state index in [1.807, 2.05) is 0 Å². The van der Waals surface area contributed by atoms with Gasteiger partial charge in [0.2, 0.25) is 0 Å². The van der Waals surface area contributed by atoms with Crippen molar-refractivity contribution in [3.63, 3.8) is 0 Å². The molecule has 2 N–H and O–H groups in total. The zero-order chi connectivity index (χ0) is 7.56. The molecule has 0 amide bonds. The van der Waals surface area contributed by atoms with Crippen molar-refractivity contribution in [2.75, 3.05) is 13.1 Å². The fourth-order valence-corrected chi connectivity index (χ4v) is 1.22. The Bertz CT molecular complexity index is 108. The van der Waals surface area contributed by atoms with E-state index in [1.165, 1.54) is 0 Å². The molecule has 0 aromatic carbocycles. The van der Waals surface area contributed by atoms with E-state index in [1.54, 1.807) is 0 Å². The normalized spacial score (nSPS) is 29.4. The summed E-state index contributed by atoms with van der Waals surface area (Å²) in [6, 6.07) is -0.0530. The van der Waals surface area contributed by atoms with Crippen LogP contribution in [0.2, 0.25) is 0 Å². The summed E-state index contributed by atoms with van der Waals surface area (Å²) in [5, 5.41) is 0. The number of rotatable bonds is 1. The van der Waals surface area contributed by atoms with Crippen molar-refractivity contribution in [1.29, 1.82) is 0 Å². The Hall–Kier alpha value is -0.220. The molecule has 1 aliphatic heterocycles. The summed E-state index contributed by atoms with van der Waals surface area (Å²) in [6.45, 7) is -1.49. The minimum Gasteiger partial charge on any atom is -0.327 e. The molecule has 1 atom stereocenters. The second kappa shape index (κ2) is 3.25. The standard InChI is InChI=1S/C6H12F2N2/c7-6(8)10-3-1-2-5(9)4-10/h5-6H,1-4,9H2. The lowest BCUT2D eigenvalue weighted by atomic mass is 10.1. The quantitative estimate of drug-likeness (QED) is 0.555. The molecular formula is C6H12F2N2. The predicted octanol–water partition coefficient (Wildman–Crippen LogP) is 0.632. The van der Waals surface area contributed by atoms with Crippen LogP contribution in [0.5, 0.6) is 0 Å². The van der Waals surface area contributed by atoms with Gasteiger partial charge in [0.25, 0.3) is 6.55 Å². The van der Waals surface area contributed by atoms with Crippen LogP contribution in [-0.2, 0) is 0 Å². The fraction of sp³-hybridized carbons (Fsp3) is 1.00. The molecule has 1 rings (SSSR count). The van der Waals surface area contributed by atoms with Gasteiger partial charge in [-0.05, 0) is 12.8 Å². The third kappa shape index (κ3) is 1.88. The third-order valence-corrected chi connectivity index (χ3v) is 1.77. The highest BCUT2D eigenvalue weighted by Gasteiger charge is 2.22. The maximum absolute atomic E-state index is 12.0. The van der Waals surface area contributed by atoms with Gasteiger partial charge in [0.15, 0.2) is 0 Å². The molecule has 0 aromatic heterocycles. The number of hydrogen-bond acceptors (Lipinski definition) is 2. The van der Waals surface area contributed by atoms with Crippen LogP contribution in [0.4, 0.5) is 8.78 Å². The Morgan fingerprint density at radius 2 is 2.20 bits per heavy atom. The fourth-order valence-electron chi connectivity index (χ4n) is 1.22. The first-order valence-corrected chi connectivity index (χ1v) is 3.48. The summed E-state index contributed by atoms with van der Waals surface area (Å²) >= 11 is 0. The first-order chi connectivity index (χ1) is 4.70. The summed E-state index contributed by atoms with van der Waals surface area (Å²) in [6.07, 6.45) is 1.68. The van der Waals surface area contributed by atoms with Crippen LogP contribution in [0.25, 0.3) is 0 Å². The summed E-state index contributed by atoms with van der Waals surface area (Å²) in [5.41, 5.74) is 5.49. The number of hydrogen-bond donors (Lipinski definition) is 1. The molecule has 1 fully saturated rings. The van der Waals surface area contributed by atoms with Gasteiger partial charge in [-0.2, -0.15) is 8.78 Å². The van der Waals surface area contributed by atoms with Crippen molar-refractivity contribution in [3.05, 3.63) is 0 Å². The van der Waals surface area contributed by atoms with Crippen LogP contribution in [0.1, 0.15) is 12.8 Å². The van der Waals surface area contributed by atoms with Gasteiger partial charge < -0.3 is 5.73 Å². The van der Waals surface area contributed by atoms with E-state index in [-0.39, 0.29) is 6.04 Å². The molecule has 10 heavy (non-hydrogen) atoms. The molecule has 1 aliphatic rings. The van der Waals surface area contributed by atoms with Crippen molar-refractivity contribution in [1.82, 2.24) is 4.90 Å². The summed E-state index contributed by atoms with van der Waals surface area (Å²) in [7, 11) is 0. The van der Waals surface area contributed by atoms with Crippen LogP contribution in [0, 0.1) is 0 Å². The number of halogens is 2. The third-order valence-electron chi connectivity index (χ3n) is 1.77. The maximum atomic E-state index is 12.0. The average molecular weight is 150 g/mol. The van der Waals surface area contributed by atoms with E-state index in [0.29, 0.717) is 13.1 Å². The SMILES string of the molecule is NC1CCCN(C(F)F)C1. The zero-order valence-corrected chi connectivity index (χ0v) is 5.76. The van der Waals surface area contributed by atoms with Gasteiger partial charge in [-0.1, -0.05) is 0 Å². The number of piperidine rings is 1. The molecule has 0 bridgehead atoms. The van der Waals surface area contributed by atoms with E-state index in [2.05, 4.69) is 0 Å². The van der Waals surface area contributed by atoms with Gasteiger partial charge in [0, 0.05) is 19.1 Å². The van der Waals surface area contributed by atoms with Crippen LogP contribution < -0.4 is 5.73 Å². The Labute approximate surface area is 59.0 Å². The lowest BCUT2D eigenvalue weighted by Gasteiger charge is -2.29. The lowest BCUT2D eigenvalue weighted by Crippen LogP contribution is -2.44. The molecular weight excluding hydrogens is 138 g/mol. The molecule has 0 spiro atoms. The van der Waals surface area contributed by atoms with Crippen LogP contribution >= 0.6 is 0 Å². The molecule has 60 valence electrons. The van der Waals surface area contributed by atoms with E-state index >= 15 is 0 Å². The first kappa shape index (κ1) is 7.88.